The van der Waals surface area contributed by atoms with E-state index in [1.807, 2.05) is 25.1 Å². The number of ether oxygens (including phenoxy) is 1. The van der Waals surface area contributed by atoms with Gasteiger partial charge >= 0.3 is 5.97 Å². The molecule has 16 heavy (non-hydrogen) atoms. The fraction of sp³-hybridized carbons (Fsp3) is 0.417. The van der Waals surface area contributed by atoms with Crippen molar-refractivity contribution in [2.24, 2.45) is 0 Å². The van der Waals surface area contributed by atoms with Crippen LogP contribution in [0.5, 0.6) is 0 Å². The van der Waals surface area contributed by atoms with Gasteiger partial charge in [0.15, 0.2) is 0 Å². The summed E-state index contributed by atoms with van der Waals surface area (Å²) in [6, 6.07) is 5.78. The zero-order valence-corrected chi connectivity index (χ0v) is 11.5. The van der Waals surface area contributed by atoms with E-state index in [0.29, 0.717) is 13.0 Å². The minimum Gasteiger partial charge on any atom is -0.466 e. The van der Waals surface area contributed by atoms with Gasteiger partial charge in [0.1, 0.15) is 0 Å². The highest BCUT2D eigenvalue weighted by Gasteiger charge is 2.04. The van der Waals surface area contributed by atoms with Crippen LogP contribution in [-0.4, -0.2) is 12.6 Å². The summed E-state index contributed by atoms with van der Waals surface area (Å²) in [4.78, 5) is 11.1. The van der Waals surface area contributed by atoms with Crippen LogP contribution in [0.3, 0.4) is 0 Å². The average Bonchev–Trinajstić information content (AvgIpc) is 2.22. The van der Waals surface area contributed by atoms with Crippen molar-refractivity contribution in [1.29, 1.82) is 0 Å². The Labute approximate surface area is 109 Å². The molecule has 0 aliphatic carbocycles. The maximum absolute atomic E-state index is 11.1. The molecule has 0 spiro atoms. The zero-order valence-electron chi connectivity index (χ0n) is 9.13. The topological polar surface area (TPSA) is 26.3 Å². The van der Waals surface area contributed by atoms with Crippen molar-refractivity contribution in [1.82, 2.24) is 0 Å². The van der Waals surface area contributed by atoms with E-state index >= 15 is 0 Å². The second-order valence-electron chi connectivity index (χ2n) is 3.39. The van der Waals surface area contributed by atoms with Crippen molar-refractivity contribution in [3.8, 4) is 0 Å². The molecule has 0 fully saturated rings. The molecule has 4 heteroatoms. The van der Waals surface area contributed by atoms with Gasteiger partial charge in [-0.05, 0) is 37.5 Å². The van der Waals surface area contributed by atoms with Crippen LogP contribution in [0, 0.1) is 0 Å². The van der Waals surface area contributed by atoms with Crippen molar-refractivity contribution in [3.05, 3.63) is 33.3 Å². The Morgan fingerprint density at radius 1 is 1.50 bits per heavy atom. The first-order chi connectivity index (χ1) is 7.63. The molecule has 0 radical (unpaired) electrons. The lowest BCUT2D eigenvalue weighted by Crippen LogP contribution is -2.04. The first kappa shape index (κ1) is 13.5. The summed E-state index contributed by atoms with van der Waals surface area (Å²) in [5, 5.41) is 0.734. The standard InChI is InChI=1S/C12H14BrClO2/c1-2-16-12(15)5-3-4-9-6-7-10(13)8-11(9)14/h6-8H,2-5H2,1H3. The Bertz CT molecular complexity index is 366. The molecule has 0 bridgehead atoms. The van der Waals surface area contributed by atoms with Crippen molar-refractivity contribution in [2.45, 2.75) is 26.2 Å². The molecule has 0 aliphatic rings. The van der Waals surface area contributed by atoms with E-state index in [-0.39, 0.29) is 5.97 Å². The number of rotatable bonds is 5. The van der Waals surface area contributed by atoms with Crippen LogP contribution < -0.4 is 0 Å². The Morgan fingerprint density at radius 3 is 2.88 bits per heavy atom. The van der Waals surface area contributed by atoms with E-state index in [9.17, 15) is 4.79 Å². The molecule has 0 atom stereocenters. The molecule has 1 aromatic carbocycles. The van der Waals surface area contributed by atoms with Crippen LogP contribution >= 0.6 is 27.5 Å². The van der Waals surface area contributed by atoms with E-state index in [1.54, 1.807) is 0 Å². The van der Waals surface area contributed by atoms with Crippen LogP contribution in [0.25, 0.3) is 0 Å². The summed E-state index contributed by atoms with van der Waals surface area (Å²) in [6.45, 7) is 2.25. The number of carbonyl (C=O) groups is 1. The van der Waals surface area contributed by atoms with Crippen LogP contribution in [-0.2, 0) is 16.0 Å². The maximum atomic E-state index is 11.1. The van der Waals surface area contributed by atoms with Gasteiger partial charge in [0, 0.05) is 15.9 Å². The normalized spacial score (nSPS) is 10.2. The monoisotopic (exact) mass is 304 g/mol. The van der Waals surface area contributed by atoms with Gasteiger partial charge in [0.2, 0.25) is 0 Å². The third-order valence-corrected chi connectivity index (χ3v) is 2.99. The van der Waals surface area contributed by atoms with Gasteiger partial charge in [0.05, 0.1) is 6.61 Å². The highest BCUT2D eigenvalue weighted by Crippen LogP contribution is 2.22. The number of carbonyl (C=O) groups excluding carboxylic acids is 1. The highest BCUT2D eigenvalue weighted by molar-refractivity contribution is 9.10. The number of esters is 1. The van der Waals surface area contributed by atoms with E-state index < -0.39 is 0 Å². The third-order valence-electron chi connectivity index (χ3n) is 2.15. The Balaban J connectivity index is 2.40. The summed E-state index contributed by atoms with van der Waals surface area (Å²) in [5.74, 6) is -0.143. The van der Waals surface area contributed by atoms with Gasteiger partial charge in [-0.2, -0.15) is 0 Å². The van der Waals surface area contributed by atoms with Gasteiger partial charge in [0.25, 0.3) is 0 Å². The Kier molecular flexibility index (Phi) is 5.85. The molecule has 0 aromatic heterocycles. The lowest BCUT2D eigenvalue weighted by atomic mass is 10.1. The van der Waals surface area contributed by atoms with Crippen LogP contribution in [0.15, 0.2) is 22.7 Å². The smallest absolute Gasteiger partial charge is 0.305 e. The maximum Gasteiger partial charge on any atom is 0.305 e. The molecule has 0 unspecified atom stereocenters. The predicted octanol–water partition coefficient (Wildman–Crippen LogP) is 3.99. The zero-order chi connectivity index (χ0) is 12.0. The van der Waals surface area contributed by atoms with Gasteiger partial charge in [-0.3, -0.25) is 4.79 Å². The van der Waals surface area contributed by atoms with Gasteiger partial charge in [-0.25, -0.2) is 0 Å². The predicted molar refractivity (Wildman–Crippen MR) is 68.7 cm³/mol. The van der Waals surface area contributed by atoms with E-state index in [1.165, 1.54) is 0 Å². The summed E-state index contributed by atoms with van der Waals surface area (Å²) in [5.41, 5.74) is 1.06. The second kappa shape index (κ2) is 6.92. The second-order valence-corrected chi connectivity index (χ2v) is 4.72. The third kappa shape index (κ3) is 4.54. The fourth-order valence-corrected chi connectivity index (χ4v) is 2.15. The largest absolute Gasteiger partial charge is 0.466 e. The average molecular weight is 306 g/mol. The molecule has 0 amide bonds. The molecular formula is C12H14BrClO2. The van der Waals surface area contributed by atoms with Crippen LogP contribution in [0.1, 0.15) is 25.3 Å². The van der Waals surface area contributed by atoms with E-state index in [4.69, 9.17) is 16.3 Å². The lowest BCUT2D eigenvalue weighted by Gasteiger charge is -2.04. The van der Waals surface area contributed by atoms with Gasteiger partial charge in [-0.1, -0.05) is 33.6 Å². The molecule has 0 heterocycles. The number of aryl methyl sites for hydroxylation is 1. The van der Waals surface area contributed by atoms with Gasteiger partial charge < -0.3 is 4.74 Å². The minimum absolute atomic E-state index is 0.143. The summed E-state index contributed by atoms with van der Waals surface area (Å²) in [7, 11) is 0. The minimum atomic E-state index is -0.143. The number of benzene rings is 1. The first-order valence-electron chi connectivity index (χ1n) is 5.23. The Hall–Kier alpha value is -0.540. The van der Waals surface area contributed by atoms with E-state index in [0.717, 1.165) is 27.9 Å². The number of halogens is 2. The summed E-state index contributed by atoms with van der Waals surface area (Å²) >= 11 is 9.41. The lowest BCUT2D eigenvalue weighted by molar-refractivity contribution is -0.143. The molecular weight excluding hydrogens is 291 g/mol. The highest BCUT2D eigenvalue weighted by atomic mass is 79.9. The first-order valence-corrected chi connectivity index (χ1v) is 6.40. The molecule has 2 nitrogen and oxygen atoms in total. The Morgan fingerprint density at radius 2 is 2.25 bits per heavy atom. The molecule has 0 N–H and O–H groups in total. The molecule has 0 saturated heterocycles. The van der Waals surface area contributed by atoms with Crippen molar-refractivity contribution in [3.63, 3.8) is 0 Å². The molecule has 88 valence electrons. The van der Waals surface area contributed by atoms with Crippen LogP contribution in [0.2, 0.25) is 5.02 Å². The SMILES string of the molecule is CCOC(=O)CCCc1ccc(Br)cc1Cl. The van der Waals surface area contributed by atoms with Crippen molar-refractivity contribution < 1.29 is 9.53 Å². The quantitative estimate of drug-likeness (QED) is 0.769. The fourth-order valence-electron chi connectivity index (χ4n) is 1.38. The van der Waals surface area contributed by atoms with Crippen LogP contribution in [0.4, 0.5) is 0 Å². The van der Waals surface area contributed by atoms with Gasteiger partial charge in [-0.15, -0.1) is 0 Å². The van der Waals surface area contributed by atoms with Crippen molar-refractivity contribution in [2.75, 3.05) is 6.61 Å². The van der Waals surface area contributed by atoms with E-state index in [2.05, 4.69) is 15.9 Å². The number of hydrogen-bond donors (Lipinski definition) is 0. The molecule has 0 saturated carbocycles. The number of hydrogen-bond acceptors (Lipinski definition) is 2. The van der Waals surface area contributed by atoms with Crippen molar-refractivity contribution >= 4 is 33.5 Å². The molecule has 1 aromatic rings. The molecule has 0 aliphatic heterocycles. The summed E-state index contributed by atoms with van der Waals surface area (Å²) < 4.78 is 5.81. The summed E-state index contributed by atoms with van der Waals surface area (Å²) in [6.07, 6.45) is 2.01. The molecule has 1 rings (SSSR count).